The summed E-state index contributed by atoms with van der Waals surface area (Å²) in [6.07, 6.45) is 0. The van der Waals surface area contributed by atoms with Gasteiger partial charge in [0.05, 0.1) is 25.8 Å². The third-order valence-electron chi connectivity index (χ3n) is 4.03. The number of aliphatic imine (C=N–C) groups is 1. The Morgan fingerprint density at radius 1 is 1.40 bits per heavy atom. The van der Waals surface area contributed by atoms with Crippen LogP contribution in [0.5, 0.6) is 0 Å². The summed E-state index contributed by atoms with van der Waals surface area (Å²) in [5.74, 6) is 1.89. The number of ether oxygens (including phenoxy) is 1. The molecule has 0 amide bonds. The molecule has 0 aliphatic carbocycles. The van der Waals surface area contributed by atoms with Crippen molar-refractivity contribution in [2.75, 3.05) is 39.9 Å². The molecule has 8 nitrogen and oxygen atoms in total. The predicted octanol–water partition coefficient (Wildman–Crippen LogP) is 1.18. The molecule has 2 aromatic heterocycles. The highest BCUT2D eigenvalue weighted by Crippen LogP contribution is 2.25. The van der Waals surface area contributed by atoms with Gasteiger partial charge in [-0.3, -0.25) is 9.89 Å². The van der Waals surface area contributed by atoms with E-state index in [2.05, 4.69) is 48.2 Å². The number of rotatable bonds is 6. The Morgan fingerprint density at radius 2 is 2.24 bits per heavy atom. The van der Waals surface area contributed by atoms with E-state index in [1.165, 1.54) is 4.88 Å². The number of nitrogens with zero attached hydrogens (tertiary/aromatic N) is 4. The molecule has 9 heteroatoms. The van der Waals surface area contributed by atoms with E-state index in [0.29, 0.717) is 24.3 Å². The number of morpholine rings is 1. The average molecular weight is 364 g/mol. The van der Waals surface area contributed by atoms with Gasteiger partial charge in [0.15, 0.2) is 11.8 Å². The van der Waals surface area contributed by atoms with Crippen LogP contribution in [0.3, 0.4) is 0 Å². The quantitative estimate of drug-likeness (QED) is 0.588. The fourth-order valence-electron chi connectivity index (χ4n) is 2.77. The number of aryl methyl sites for hydroxylation is 1. The lowest BCUT2D eigenvalue weighted by Crippen LogP contribution is -2.46. The molecule has 1 saturated heterocycles. The monoisotopic (exact) mass is 364 g/mol. The van der Waals surface area contributed by atoms with Crippen LogP contribution in [-0.4, -0.2) is 60.9 Å². The van der Waals surface area contributed by atoms with Crippen LogP contribution in [0.1, 0.15) is 22.6 Å². The van der Waals surface area contributed by atoms with Crippen molar-refractivity contribution in [3.05, 3.63) is 34.1 Å². The number of hydrogen-bond acceptors (Lipinski definition) is 7. The second kappa shape index (κ2) is 8.93. The van der Waals surface area contributed by atoms with Crippen LogP contribution >= 0.6 is 11.3 Å². The van der Waals surface area contributed by atoms with Crippen molar-refractivity contribution in [3.63, 3.8) is 0 Å². The van der Waals surface area contributed by atoms with Crippen LogP contribution in [0.15, 0.2) is 27.0 Å². The first-order valence-electron chi connectivity index (χ1n) is 8.35. The summed E-state index contributed by atoms with van der Waals surface area (Å²) in [7, 11) is 1.76. The molecule has 0 spiro atoms. The van der Waals surface area contributed by atoms with Gasteiger partial charge in [0.2, 0.25) is 5.89 Å². The van der Waals surface area contributed by atoms with Gasteiger partial charge in [-0.1, -0.05) is 11.2 Å². The summed E-state index contributed by atoms with van der Waals surface area (Å²) in [5.41, 5.74) is 0. The summed E-state index contributed by atoms with van der Waals surface area (Å²) in [6.45, 7) is 6.47. The van der Waals surface area contributed by atoms with Gasteiger partial charge in [-0.15, -0.1) is 11.3 Å². The number of thiophene rings is 1. The van der Waals surface area contributed by atoms with E-state index < -0.39 is 0 Å². The molecule has 2 N–H and O–H groups in total. The number of guanidine groups is 1. The molecule has 0 aromatic carbocycles. The molecule has 1 unspecified atom stereocenters. The third kappa shape index (κ3) is 5.00. The molecule has 1 aliphatic rings. The summed E-state index contributed by atoms with van der Waals surface area (Å²) >= 11 is 1.78. The fraction of sp³-hybridized carbons (Fsp3) is 0.562. The SMILES string of the molecule is CN=C(NCc1noc(C)n1)NCC(c1cccs1)N1CCOCC1. The van der Waals surface area contributed by atoms with Gasteiger partial charge < -0.3 is 19.9 Å². The van der Waals surface area contributed by atoms with E-state index in [4.69, 9.17) is 9.26 Å². The highest BCUT2D eigenvalue weighted by molar-refractivity contribution is 7.10. The predicted molar refractivity (Wildman–Crippen MR) is 96.7 cm³/mol. The fourth-order valence-corrected chi connectivity index (χ4v) is 3.63. The van der Waals surface area contributed by atoms with Crippen LogP contribution in [0.25, 0.3) is 0 Å². The van der Waals surface area contributed by atoms with E-state index in [9.17, 15) is 0 Å². The Hall–Kier alpha value is -1.97. The lowest BCUT2D eigenvalue weighted by Gasteiger charge is -2.34. The molecule has 0 radical (unpaired) electrons. The minimum atomic E-state index is 0.301. The first kappa shape index (κ1) is 17.8. The van der Waals surface area contributed by atoms with Crippen LogP contribution < -0.4 is 10.6 Å². The maximum Gasteiger partial charge on any atom is 0.223 e. The Bertz CT molecular complexity index is 666. The molecule has 1 aliphatic heterocycles. The largest absolute Gasteiger partial charge is 0.379 e. The van der Waals surface area contributed by atoms with Gasteiger partial charge >= 0.3 is 0 Å². The zero-order valence-corrected chi connectivity index (χ0v) is 15.4. The molecule has 25 heavy (non-hydrogen) atoms. The van der Waals surface area contributed by atoms with Crippen molar-refractivity contribution in [1.29, 1.82) is 0 Å². The van der Waals surface area contributed by atoms with Crippen LogP contribution in [-0.2, 0) is 11.3 Å². The Labute approximate surface area is 151 Å². The van der Waals surface area contributed by atoms with Gasteiger partial charge in [-0.2, -0.15) is 4.98 Å². The van der Waals surface area contributed by atoms with Crippen LogP contribution in [0.2, 0.25) is 0 Å². The normalized spacial score (nSPS) is 17.4. The molecule has 1 atom stereocenters. The lowest BCUT2D eigenvalue weighted by atomic mass is 10.2. The second-order valence-electron chi connectivity index (χ2n) is 5.72. The zero-order valence-electron chi connectivity index (χ0n) is 14.6. The van der Waals surface area contributed by atoms with Crippen molar-refractivity contribution in [2.24, 2.45) is 4.99 Å². The Kier molecular flexibility index (Phi) is 6.37. The van der Waals surface area contributed by atoms with E-state index in [1.807, 2.05) is 0 Å². The molecular formula is C16H24N6O2S. The number of aromatic nitrogens is 2. The number of hydrogen-bond donors (Lipinski definition) is 2. The number of nitrogens with one attached hydrogen (secondary N) is 2. The van der Waals surface area contributed by atoms with Gasteiger partial charge in [0.25, 0.3) is 0 Å². The van der Waals surface area contributed by atoms with E-state index in [1.54, 1.807) is 25.3 Å². The molecular weight excluding hydrogens is 340 g/mol. The Balaban J connectivity index is 1.57. The van der Waals surface area contributed by atoms with Crippen molar-refractivity contribution in [1.82, 2.24) is 25.7 Å². The van der Waals surface area contributed by atoms with Crippen molar-refractivity contribution in [3.8, 4) is 0 Å². The van der Waals surface area contributed by atoms with Gasteiger partial charge in [-0.25, -0.2) is 0 Å². The van der Waals surface area contributed by atoms with E-state index >= 15 is 0 Å². The third-order valence-corrected chi connectivity index (χ3v) is 5.00. The molecule has 0 saturated carbocycles. The first-order valence-corrected chi connectivity index (χ1v) is 9.23. The van der Waals surface area contributed by atoms with Gasteiger partial charge in [0.1, 0.15) is 0 Å². The first-order chi connectivity index (χ1) is 12.3. The average Bonchev–Trinajstić information content (AvgIpc) is 3.31. The molecule has 136 valence electrons. The van der Waals surface area contributed by atoms with Crippen molar-refractivity contribution in [2.45, 2.75) is 19.5 Å². The second-order valence-corrected chi connectivity index (χ2v) is 6.70. The Morgan fingerprint density at radius 3 is 2.88 bits per heavy atom. The topological polar surface area (TPSA) is 87.8 Å². The maximum atomic E-state index is 5.49. The highest BCUT2D eigenvalue weighted by Gasteiger charge is 2.23. The molecule has 0 bridgehead atoms. The minimum Gasteiger partial charge on any atom is -0.379 e. The van der Waals surface area contributed by atoms with Gasteiger partial charge in [0, 0.05) is 38.5 Å². The van der Waals surface area contributed by atoms with Crippen LogP contribution in [0.4, 0.5) is 0 Å². The van der Waals surface area contributed by atoms with Crippen molar-refractivity contribution >= 4 is 17.3 Å². The van der Waals surface area contributed by atoms with Crippen LogP contribution in [0, 0.1) is 6.92 Å². The summed E-state index contributed by atoms with van der Waals surface area (Å²) in [4.78, 5) is 12.3. The zero-order chi connectivity index (χ0) is 17.5. The molecule has 3 rings (SSSR count). The summed E-state index contributed by atoms with van der Waals surface area (Å²) < 4.78 is 10.5. The molecule has 1 fully saturated rings. The minimum absolute atomic E-state index is 0.301. The van der Waals surface area contributed by atoms with Gasteiger partial charge in [-0.05, 0) is 11.4 Å². The maximum absolute atomic E-state index is 5.49. The van der Waals surface area contributed by atoms with Crippen molar-refractivity contribution < 1.29 is 9.26 Å². The van der Waals surface area contributed by atoms with E-state index in [-0.39, 0.29) is 0 Å². The standard InChI is InChI=1S/C16H24N6O2S/c1-12-20-15(21-24-12)11-19-16(17-2)18-10-13(14-4-3-9-25-14)22-5-7-23-8-6-22/h3-4,9,13H,5-8,10-11H2,1-2H3,(H2,17,18,19). The summed E-state index contributed by atoms with van der Waals surface area (Å²) in [5, 5.41) is 12.6. The van der Waals surface area contributed by atoms with E-state index in [0.717, 1.165) is 38.8 Å². The molecule has 2 aromatic rings. The summed E-state index contributed by atoms with van der Waals surface area (Å²) in [6, 6.07) is 4.58. The molecule has 3 heterocycles. The highest BCUT2D eigenvalue weighted by atomic mass is 32.1. The lowest BCUT2D eigenvalue weighted by molar-refractivity contribution is 0.0177. The smallest absolute Gasteiger partial charge is 0.223 e.